The summed E-state index contributed by atoms with van der Waals surface area (Å²) in [5.74, 6) is 1.01. The fourth-order valence-electron chi connectivity index (χ4n) is 2.17. The highest BCUT2D eigenvalue weighted by molar-refractivity contribution is 5.31. The van der Waals surface area contributed by atoms with Crippen LogP contribution in [0.5, 0.6) is 0 Å². The molecule has 19 heavy (non-hydrogen) atoms. The summed E-state index contributed by atoms with van der Waals surface area (Å²) in [6.45, 7) is 5.46. The highest BCUT2D eigenvalue weighted by atomic mass is 19.3. The first-order chi connectivity index (χ1) is 9.08. The van der Waals surface area contributed by atoms with Gasteiger partial charge in [-0.2, -0.15) is 0 Å². The van der Waals surface area contributed by atoms with E-state index in [2.05, 4.69) is 29.1 Å². The maximum Gasteiger partial charge on any atom is 0.261 e. The summed E-state index contributed by atoms with van der Waals surface area (Å²) in [6.07, 6.45) is -1.95. The molecule has 0 atom stereocenters. The van der Waals surface area contributed by atoms with Gasteiger partial charge in [-0.3, -0.25) is 0 Å². The summed E-state index contributed by atoms with van der Waals surface area (Å²) < 4.78 is 28.8. The Bertz CT molecular complexity index is 438. The topological polar surface area (TPSA) is 47.0 Å². The highest BCUT2D eigenvalue weighted by Crippen LogP contribution is 2.23. The van der Waals surface area contributed by atoms with Crippen LogP contribution in [-0.2, 0) is 24.2 Å². The van der Waals surface area contributed by atoms with Crippen LogP contribution in [0, 0.1) is 0 Å². The Morgan fingerprint density at radius 3 is 2.74 bits per heavy atom. The molecule has 0 fully saturated rings. The molecule has 6 heteroatoms. The fourth-order valence-corrected chi connectivity index (χ4v) is 2.17. The molecule has 0 spiro atoms. The van der Waals surface area contributed by atoms with Crippen molar-refractivity contribution in [1.29, 1.82) is 0 Å². The predicted octanol–water partition coefficient (Wildman–Crippen LogP) is 2.03. The second-order valence-electron chi connectivity index (χ2n) is 4.92. The Morgan fingerprint density at radius 1 is 1.26 bits per heavy atom. The van der Waals surface area contributed by atoms with Crippen molar-refractivity contribution in [2.75, 3.05) is 13.2 Å². The van der Waals surface area contributed by atoms with E-state index in [9.17, 15) is 8.78 Å². The van der Waals surface area contributed by atoms with Crippen molar-refractivity contribution in [1.82, 2.24) is 15.3 Å². The summed E-state index contributed by atoms with van der Waals surface area (Å²) in [4.78, 5) is 9.01. The zero-order chi connectivity index (χ0) is 13.8. The van der Waals surface area contributed by atoms with Crippen LogP contribution in [-0.4, -0.2) is 29.6 Å². The summed E-state index contributed by atoms with van der Waals surface area (Å²) in [7, 11) is 0. The van der Waals surface area contributed by atoms with Crippen molar-refractivity contribution in [3.63, 3.8) is 0 Å². The number of fused-ring (bicyclic) bond motifs is 1. The van der Waals surface area contributed by atoms with Crippen LogP contribution in [0.1, 0.15) is 42.5 Å². The quantitative estimate of drug-likeness (QED) is 0.804. The van der Waals surface area contributed by atoms with E-state index in [-0.39, 0.29) is 6.61 Å². The van der Waals surface area contributed by atoms with Crippen LogP contribution in [0.2, 0.25) is 0 Å². The summed E-state index contributed by atoms with van der Waals surface area (Å²) in [6, 6.07) is 0. The van der Waals surface area contributed by atoms with Gasteiger partial charge in [0.15, 0.2) is 0 Å². The molecule has 0 aliphatic carbocycles. The number of nitrogens with one attached hydrogen (secondary N) is 1. The van der Waals surface area contributed by atoms with Crippen molar-refractivity contribution in [2.24, 2.45) is 0 Å². The number of rotatable bonds is 6. The average Bonchev–Trinajstić information content (AvgIpc) is 2.81. The first kappa shape index (κ1) is 14.3. The molecule has 1 N–H and O–H groups in total. The first-order valence-corrected chi connectivity index (χ1v) is 6.53. The monoisotopic (exact) mass is 271 g/mol. The average molecular weight is 271 g/mol. The molecule has 1 aromatic heterocycles. The van der Waals surface area contributed by atoms with E-state index in [0.29, 0.717) is 18.2 Å². The maximum absolute atomic E-state index is 11.9. The molecule has 1 aliphatic rings. The third kappa shape index (κ3) is 3.67. The van der Waals surface area contributed by atoms with Gasteiger partial charge in [0.25, 0.3) is 6.43 Å². The second kappa shape index (κ2) is 6.34. The lowest BCUT2D eigenvalue weighted by Gasteiger charge is -2.12. The van der Waals surface area contributed by atoms with Gasteiger partial charge >= 0.3 is 0 Å². The lowest BCUT2D eigenvalue weighted by Crippen LogP contribution is -2.12. The Balaban J connectivity index is 2.03. The van der Waals surface area contributed by atoms with Gasteiger partial charge in [0.05, 0.1) is 18.0 Å². The number of alkyl halides is 2. The minimum Gasteiger partial charge on any atom is -0.375 e. The van der Waals surface area contributed by atoms with Gasteiger partial charge in [0, 0.05) is 25.1 Å². The van der Waals surface area contributed by atoms with E-state index >= 15 is 0 Å². The first-order valence-electron chi connectivity index (χ1n) is 6.53. The number of hydrogen-bond acceptors (Lipinski definition) is 4. The molecule has 2 rings (SSSR count). The summed E-state index contributed by atoms with van der Waals surface area (Å²) in [5.41, 5.74) is 3.27. The van der Waals surface area contributed by atoms with Crippen LogP contribution in [0.4, 0.5) is 8.78 Å². The van der Waals surface area contributed by atoms with E-state index < -0.39 is 13.0 Å². The molecule has 2 heterocycles. The minimum absolute atomic E-state index is 0.230. The maximum atomic E-state index is 11.9. The van der Waals surface area contributed by atoms with E-state index in [0.717, 1.165) is 24.5 Å². The van der Waals surface area contributed by atoms with Gasteiger partial charge in [-0.25, -0.2) is 18.7 Å². The normalized spacial score (nSPS) is 14.4. The van der Waals surface area contributed by atoms with Crippen molar-refractivity contribution >= 4 is 0 Å². The van der Waals surface area contributed by atoms with Crippen LogP contribution in [0.25, 0.3) is 0 Å². The van der Waals surface area contributed by atoms with Gasteiger partial charge < -0.3 is 10.1 Å². The smallest absolute Gasteiger partial charge is 0.261 e. The van der Waals surface area contributed by atoms with Crippen LogP contribution >= 0.6 is 0 Å². The standard InChI is InChI=1S/C13H19F2N3O/c1-8(2)13-9-5-16-6-10(9)17-12(18-13)3-4-19-7-11(14)15/h8,11,16H,3-7H2,1-2H3. The third-order valence-corrected chi connectivity index (χ3v) is 3.03. The van der Waals surface area contributed by atoms with E-state index in [4.69, 9.17) is 4.74 Å². The molecule has 4 nitrogen and oxygen atoms in total. The van der Waals surface area contributed by atoms with Crippen molar-refractivity contribution in [3.05, 3.63) is 22.8 Å². The number of hydrogen-bond donors (Lipinski definition) is 1. The molecule has 0 radical (unpaired) electrons. The van der Waals surface area contributed by atoms with Crippen LogP contribution in [0.3, 0.4) is 0 Å². The molecule has 0 saturated heterocycles. The fraction of sp³-hybridized carbons (Fsp3) is 0.692. The Morgan fingerprint density at radius 2 is 2.05 bits per heavy atom. The van der Waals surface area contributed by atoms with E-state index in [1.807, 2.05) is 0 Å². The van der Waals surface area contributed by atoms with Gasteiger partial charge in [-0.15, -0.1) is 0 Å². The van der Waals surface area contributed by atoms with Crippen molar-refractivity contribution in [3.8, 4) is 0 Å². The number of nitrogens with zero attached hydrogens (tertiary/aromatic N) is 2. The molecule has 0 bridgehead atoms. The van der Waals surface area contributed by atoms with Gasteiger partial charge in [-0.05, 0) is 5.92 Å². The molecule has 0 aromatic carbocycles. The van der Waals surface area contributed by atoms with Crippen molar-refractivity contribution in [2.45, 2.75) is 45.7 Å². The molecule has 1 aliphatic heterocycles. The highest BCUT2D eigenvalue weighted by Gasteiger charge is 2.20. The molecule has 106 valence electrons. The number of aromatic nitrogens is 2. The van der Waals surface area contributed by atoms with Gasteiger partial charge in [0.1, 0.15) is 12.4 Å². The molecule has 1 aromatic rings. The van der Waals surface area contributed by atoms with E-state index in [1.165, 1.54) is 5.56 Å². The van der Waals surface area contributed by atoms with Crippen LogP contribution < -0.4 is 5.32 Å². The van der Waals surface area contributed by atoms with E-state index in [1.54, 1.807) is 0 Å². The second-order valence-corrected chi connectivity index (χ2v) is 4.92. The van der Waals surface area contributed by atoms with Crippen LogP contribution in [0.15, 0.2) is 0 Å². The minimum atomic E-state index is -2.42. The van der Waals surface area contributed by atoms with Gasteiger partial charge in [-0.1, -0.05) is 13.8 Å². The number of ether oxygens (including phenoxy) is 1. The Labute approximate surface area is 111 Å². The summed E-state index contributed by atoms with van der Waals surface area (Å²) in [5, 5.41) is 3.26. The summed E-state index contributed by atoms with van der Waals surface area (Å²) >= 11 is 0. The number of halogens is 2. The zero-order valence-corrected chi connectivity index (χ0v) is 11.2. The molecular formula is C13H19F2N3O. The molecule has 0 amide bonds. The predicted molar refractivity (Wildman–Crippen MR) is 67.2 cm³/mol. The lowest BCUT2D eigenvalue weighted by atomic mass is 10.0. The Kier molecular flexibility index (Phi) is 4.76. The van der Waals surface area contributed by atoms with Gasteiger partial charge in [0.2, 0.25) is 0 Å². The lowest BCUT2D eigenvalue weighted by molar-refractivity contribution is 0.0182. The van der Waals surface area contributed by atoms with Crippen molar-refractivity contribution < 1.29 is 13.5 Å². The zero-order valence-electron chi connectivity index (χ0n) is 11.2. The molecule has 0 unspecified atom stereocenters. The molecular weight excluding hydrogens is 252 g/mol. The molecule has 0 saturated carbocycles. The Hall–Kier alpha value is -1.14. The largest absolute Gasteiger partial charge is 0.375 e. The third-order valence-electron chi connectivity index (χ3n) is 3.03. The SMILES string of the molecule is CC(C)c1nc(CCOCC(F)F)nc2c1CNC2.